The molecule has 2 rings (SSSR count). The van der Waals surface area contributed by atoms with Crippen LogP contribution < -0.4 is 10.5 Å². The summed E-state index contributed by atoms with van der Waals surface area (Å²) in [5.74, 6) is 0.918. The number of halogens is 1. The third-order valence-electron chi connectivity index (χ3n) is 3.81. The highest BCUT2D eigenvalue weighted by atomic mass is 35.5. The van der Waals surface area contributed by atoms with E-state index in [0.29, 0.717) is 0 Å². The quantitative estimate of drug-likeness (QED) is 0.757. The summed E-state index contributed by atoms with van der Waals surface area (Å²) >= 11 is 6.00. The average Bonchev–Trinajstić information content (AvgIpc) is 2.39. The van der Waals surface area contributed by atoms with Gasteiger partial charge in [0.25, 0.3) is 0 Å². The predicted octanol–water partition coefficient (Wildman–Crippen LogP) is 4.85. The molecule has 1 heterocycles. The third kappa shape index (κ3) is 4.12. The molecule has 0 amide bonds. The normalized spacial score (nSPS) is 21.8. The maximum atomic E-state index is 6.22. The van der Waals surface area contributed by atoms with Gasteiger partial charge in [-0.15, -0.1) is 0 Å². The lowest BCUT2D eigenvalue weighted by Gasteiger charge is -2.30. The molecule has 19 heavy (non-hydrogen) atoms. The second-order valence-electron chi connectivity index (χ2n) is 5.47. The van der Waals surface area contributed by atoms with Gasteiger partial charge in [-0.1, -0.05) is 44.2 Å². The Morgan fingerprint density at radius 2 is 2.05 bits per heavy atom. The van der Waals surface area contributed by atoms with Crippen molar-refractivity contribution in [3.63, 3.8) is 0 Å². The van der Waals surface area contributed by atoms with Gasteiger partial charge in [-0.05, 0) is 31.0 Å². The van der Waals surface area contributed by atoms with Gasteiger partial charge in [-0.25, -0.2) is 0 Å². The molecular weight excluding hydrogens is 258 g/mol. The summed E-state index contributed by atoms with van der Waals surface area (Å²) in [4.78, 5) is 0. The monoisotopic (exact) mass is 281 g/mol. The fourth-order valence-corrected chi connectivity index (χ4v) is 2.89. The molecule has 1 aliphatic heterocycles. The van der Waals surface area contributed by atoms with Gasteiger partial charge in [0.2, 0.25) is 0 Å². The molecule has 0 saturated carbocycles. The first-order valence-electron chi connectivity index (χ1n) is 7.42. The Balaban J connectivity index is 1.85. The molecule has 2 N–H and O–H groups in total. The topological polar surface area (TPSA) is 35.2 Å². The molecule has 0 spiro atoms. The van der Waals surface area contributed by atoms with Crippen molar-refractivity contribution in [3.05, 3.63) is 28.8 Å². The van der Waals surface area contributed by atoms with Crippen LogP contribution >= 0.6 is 11.6 Å². The first-order chi connectivity index (χ1) is 9.20. The van der Waals surface area contributed by atoms with E-state index >= 15 is 0 Å². The van der Waals surface area contributed by atoms with Crippen molar-refractivity contribution in [3.8, 4) is 5.75 Å². The van der Waals surface area contributed by atoms with E-state index in [1.54, 1.807) is 0 Å². The number of hydrogen-bond donors (Lipinski definition) is 1. The molecule has 2 atom stereocenters. The van der Waals surface area contributed by atoms with E-state index in [4.69, 9.17) is 22.1 Å². The largest absolute Gasteiger partial charge is 0.490 e. The zero-order valence-electron chi connectivity index (χ0n) is 11.7. The van der Waals surface area contributed by atoms with Crippen molar-refractivity contribution in [2.75, 3.05) is 0 Å². The van der Waals surface area contributed by atoms with Crippen LogP contribution in [0.25, 0.3) is 0 Å². The SMILES string of the molecule is CCCCCCCC1C[C@H](N)c2cc(Cl)ccc2O1. The molecule has 0 aliphatic carbocycles. The van der Waals surface area contributed by atoms with Gasteiger partial charge in [0, 0.05) is 23.0 Å². The zero-order chi connectivity index (χ0) is 13.7. The van der Waals surface area contributed by atoms with Crippen LogP contribution in [0.1, 0.15) is 63.5 Å². The van der Waals surface area contributed by atoms with Crippen molar-refractivity contribution >= 4 is 11.6 Å². The molecule has 1 unspecified atom stereocenters. The van der Waals surface area contributed by atoms with E-state index in [0.717, 1.165) is 29.2 Å². The van der Waals surface area contributed by atoms with Crippen molar-refractivity contribution in [2.45, 2.75) is 64.0 Å². The van der Waals surface area contributed by atoms with Gasteiger partial charge in [-0.3, -0.25) is 0 Å². The zero-order valence-corrected chi connectivity index (χ0v) is 12.5. The van der Waals surface area contributed by atoms with Crippen LogP contribution in [0.3, 0.4) is 0 Å². The highest BCUT2D eigenvalue weighted by Crippen LogP contribution is 2.36. The minimum atomic E-state index is 0.0584. The Morgan fingerprint density at radius 3 is 2.84 bits per heavy atom. The second kappa shape index (κ2) is 7.16. The molecule has 1 aliphatic rings. The van der Waals surface area contributed by atoms with E-state index in [1.807, 2.05) is 18.2 Å². The lowest BCUT2D eigenvalue weighted by molar-refractivity contribution is 0.146. The molecule has 0 saturated heterocycles. The summed E-state index contributed by atoms with van der Waals surface area (Å²) in [6, 6.07) is 5.80. The minimum absolute atomic E-state index is 0.0584. The van der Waals surface area contributed by atoms with E-state index in [2.05, 4.69) is 6.92 Å². The number of fused-ring (bicyclic) bond motifs is 1. The van der Waals surface area contributed by atoms with E-state index in [-0.39, 0.29) is 12.1 Å². The molecular formula is C16H24ClNO. The second-order valence-corrected chi connectivity index (χ2v) is 5.90. The van der Waals surface area contributed by atoms with E-state index in [1.165, 1.54) is 32.1 Å². The van der Waals surface area contributed by atoms with Crippen LogP contribution in [0.4, 0.5) is 0 Å². The van der Waals surface area contributed by atoms with Gasteiger partial charge < -0.3 is 10.5 Å². The first kappa shape index (κ1) is 14.7. The summed E-state index contributed by atoms with van der Waals surface area (Å²) in [5, 5.41) is 0.732. The average molecular weight is 282 g/mol. The van der Waals surface area contributed by atoms with Gasteiger partial charge in [-0.2, -0.15) is 0 Å². The van der Waals surface area contributed by atoms with Crippen molar-refractivity contribution in [2.24, 2.45) is 5.73 Å². The number of nitrogens with two attached hydrogens (primary N) is 1. The van der Waals surface area contributed by atoms with Crippen molar-refractivity contribution in [1.82, 2.24) is 0 Å². The van der Waals surface area contributed by atoms with E-state index < -0.39 is 0 Å². The molecule has 106 valence electrons. The molecule has 2 nitrogen and oxygen atoms in total. The summed E-state index contributed by atoms with van der Waals surface area (Å²) in [5.41, 5.74) is 7.27. The standard InChI is InChI=1S/C16H24ClNO/c1-2-3-4-5-6-7-13-11-15(18)14-10-12(17)8-9-16(14)19-13/h8-10,13,15H,2-7,11,18H2,1H3/t13?,15-/m0/s1. The molecule has 0 radical (unpaired) electrons. The minimum Gasteiger partial charge on any atom is -0.490 e. The molecule has 0 bridgehead atoms. The van der Waals surface area contributed by atoms with Crippen LogP contribution in [0.15, 0.2) is 18.2 Å². The number of ether oxygens (including phenoxy) is 1. The third-order valence-corrected chi connectivity index (χ3v) is 4.05. The van der Waals surface area contributed by atoms with Gasteiger partial charge in [0.1, 0.15) is 11.9 Å². The summed E-state index contributed by atoms with van der Waals surface area (Å²) < 4.78 is 6.03. The first-order valence-corrected chi connectivity index (χ1v) is 7.80. The van der Waals surface area contributed by atoms with E-state index in [9.17, 15) is 0 Å². The fourth-order valence-electron chi connectivity index (χ4n) is 2.71. The van der Waals surface area contributed by atoms with Gasteiger partial charge >= 0.3 is 0 Å². The maximum absolute atomic E-state index is 6.22. The van der Waals surface area contributed by atoms with Crippen molar-refractivity contribution in [1.29, 1.82) is 0 Å². The van der Waals surface area contributed by atoms with Crippen LogP contribution in [-0.4, -0.2) is 6.10 Å². The van der Waals surface area contributed by atoms with Gasteiger partial charge in [0.05, 0.1) is 0 Å². The number of hydrogen-bond acceptors (Lipinski definition) is 2. The van der Waals surface area contributed by atoms with Crippen LogP contribution in [0.2, 0.25) is 5.02 Å². The molecule has 1 aromatic carbocycles. The van der Waals surface area contributed by atoms with Gasteiger partial charge in [0.15, 0.2) is 0 Å². The Bertz CT molecular complexity index is 408. The van der Waals surface area contributed by atoms with Crippen LogP contribution in [-0.2, 0) is 0 Å². The van der Waals surface area contributed by atoms with Crippen LogP contribution in [0, 0.1) is 0 Å². The highest BCUT2D eigenvalue weighted by Gasteiger charge is 2.25. The summed E-state index contributed by atoms with van der Waals surface area (Å²) in [6.45, 7) is 2.24. The Labute approximate surface area is 121 Å². The molecule has 0 fully saturated rings. The summed E-state index contributed by atoms with van der Waals surface area (Å²) in [7, 11) is 0. The molecule has 0 aromatic heterocycles. The number of unbranched alkanes of at least 4 members (excludes halogenated alkanes) is 4. The maximum Gasteiger partial charge on any atom is 0.124 e. The lowest BCUT2D eigenvalue weighted by Crippen LogP contribution is -2.29. The fraction of sp³-hybridized carbons (Fsp3) is 0.625. The Hall–Kier alpha value is -0.730. The smallest absolute Gasteiger partial charge is 0.124 e. The van der Waals surface area contributed by atoms with Crippen molar-refractivity contribution < 1.29 is 4.74 Å². The molecule has 3 heteroatoms. The number of rotatable bonds is 6. The highest BCUT2D eigenvalue weighted by molar-refractivity contribution is 6.30. The number of benzene rings is 1. The Kier molecular flexibility index (Phi) is 5.53. The predicted molar refractivity (Wildman–Crippen MR) is 80.8 cm³/mol. The summed E-state index contributed by atoms with van der Waals surface area (Å²) in [6.07, 6.45) is 8.79. The Morgan fingerprint density at radius 1 is 1.26 bits per heavy atom. The van der Waals surface area contributed by atoms with Crippen LogP contribution in [0.5, 0.6) is 5.75 Å². The lowest BCUT2D eigenvalue weighted by atomic mass is 9.94. The molecule has 1 aromatic rings.